The van der Waals surface area contributed by atoms with Crippen LogP contribution < -0.4 is 0 Å². The summed E-state index contributed by atoms with van der Waals surface area (Å²) in [4.78, 5) is 24.4. The van der Waals surface area contributed by atoms with E-state index in [0.717, 1.165) is 0 Å². The molecule has 1 heterocycles. The van der Waals surface area contributed by atoms with Crippen LogP contribution in [0.25, 0.3) is 0 Å². The fourth-order valence-corrected chi connectivity index (χ4v) is 3.34. The molecule has 1 N–H and O–H groups in total. The molecule has 4 nitrogen and oxygen atoms in total. The van der Waals surface area contributed by atoms with Gasteiger partial charge in [0.05, 0.1) is 11.1 Å². The number of hydrogen-bond donors (Lipinski definition) is 1. The van der Waals surface area contributed by atoms with Crippen molar-refractivity contribution in [1.29, 1.82) is 0 Å². The van der Waals surface area contributed by atoms with Crippen molar-refractivity contribution in [2.45, 2.75) is 37.4 Å². The molecule has 2 atom stereocenters. The van der Waals surface area contributed by atoms with Crippen molar-refractivity contribution >= 4 is 35.4 Å². The van der Waals surface area contributed by atoms with E-state index in [4.69, 9.17) is 5.11 Å². The highest BCUT2D eigenvalue weighted by molar-refractivity contribution is 8.00. The van der Waals surface area contributed by atoms with Crippen molar-refractivity contribution in [3.05, 3.63) is 0 Å². The predicted molar refractivity (Wildman–Crippen MR) is 67.8 cm³/mol. The summed E-state index contributed by atoms with van der Waals surface area (Å²) in [5.41, 5.74) is 0. The normalized spacial score (nSPS) is 25.1. The Morgan fingerprint density at radius 1 is 1.56 bits per heavy atom. The third kappa shape index (κ3) is 3.31. The maximum atomic E-state index is 11.9. The van der Waals surface area contributed by atoms with Gasteiger partial charge in [-0.1, -0.05) is 13.8 Å². The Morgan fingerprint density at radius 2 is 2.19 bits per heavy atom. The molecule has 0 bridgehead atoms. The predicted octanol–water partition coefficient (Wildman–Crippen LogP) is 1.50. The minimum Gasteiger partial charge on any atom is -0.480 e. The van der Waals surface area contributed by atoms with E-state index in [-0.39, 0.29) is 11.3 Å². The van der Waals surface area contributed by atoms with Crippen molar-refractivity contribution in [3.8, 4) is 0 Å². The Bertz CT molecular complexity index is 283. The SMILES string of the molecule is CC(C)SCC(=O)N1C(C)SCC1C(=O)O. The first-order valence-corrected chi connectivity index (χ1v) is 7.30. The standard InChI is InChI=1S/C10H17NO3S2/c1-6(2)15-5-9(12)11-7(3)16-4-8(11)10(13)14/h6-8H,4-5H2,1-3H3,(H,13,14). The lowest BCUT2D eigenvalue weighted by Gasteiger charge is -2.25. The highest BCUT2D eigenvalue weighted by Gasteiger charge is 2.39. The Hall–Kier alpha value is -0.360. The molecule has 1 aliphatic rings. The summed E-state index contributed by atoms with van der Waals surface area (Å²) in [6.07, 6.45) is 0. The Morgan fingerprint density at radius 3 is 2.69 bits per heavy atom. The second-order valence-corrected chi connectivity index (χ2v) is 6.86. The van der Waals surface area contributed by atoms with Crippen molar-refractivity contribution in [1.82, 2.24) is 4.90 Å². The lowest BCUT2D eigenvalue weighted by molar-refractivity contribution is -0.147. The van der Waals surface area contributed by atoms with Crippen LogP contribution in [0.4, 0.5) is 0 Å². The molecule has 0 spiro atoms. The van der Waals surface area contributed by atoms with Crippen molar-refractivity contribution in [2.75, 3.05) is 11.5 Å². The number of carboxylic acid groups (broad SMARTS) is 1. The van der Waals surface area contributed by atoms with Crippen molar-refractivity contribution in [3.63, 3.8) is 0 Å². The van der Waals surface area contributed by atoms with Gasteiger partial charge in [-0.3, -0.25) is 4.79 Å². The van der Waals surface area contributed by atoms with E-state index in [2.05, 4.69) is 0 Å². The van der Waals surface area contributed by atoms with Crippen molar-refractivity contribution < 1.29 is 14.7 Å². The van der Waals surface area contributed by atoms with Crippen LogP contribution in [0, 0.1) is 0 Å². The summed E-state index contributed by atoms with van der Waals surface area (Å²) in [6, 6.07) is -0.653. The lowest BCUT2D eigenvalue weighted by atomic mass is 10.3. The number of carboxylic acids is 1. The molecule has 0 radical (unpaired) electrons. The topological polar surface area (TPSA) is 57.6 Å². The molecular weight excluding hydrogens is 246 g/mol. The summed E-state index contributed by atoms with van der Waals surface area (Å²) in [7, 11) is 0. The second kappa shape index (κ2) is 5.82. The highest BCUT2D eigenvalue weighted by atomic mass is 32.2. The summed E-state index contributed by atoms with van der Waals surface area (Å²) >= 11 is 3.07. The van der Waals surface area contributed by atoms with Gasteiger partial charge in [0.2, 0.25) is 5.91 Å². The maximum Gasteiger partial charge on any atom is 0.327 e. The third-order valence-corrected chi connectivity index (χ3v) is 4.63. The second-order valence-electron chi connectivity index (χ2n) is 3.95. The Kier molecular flexibility index (Phi) is 4.98. The van der Waals surface area contributed by atoms with Gasteiger partial charge in [-0.25, -0.2) is 4.79 Å². The molecule has 1 rings (SSSR count). The minimum absolute atomic E-state index is 0.0265. The monoisotopic (exact) mass is 263 g/mol. The fraction of sp³-hybridized carbons (Fsp3) is 0.800. The van der Waals surface area contributed by atoms with Gasteiger partial charge in [-0.05, 0) is 12.2 Å². The summed E-state index contributed by atoms with van der Waals surface area (Å²) in [5.74, 6) is -0.107. The molecule has 1 fully saturated rings. The molecule has 92 valence electrons. The molecule has 0 aromatic carbocycles. The maximum absolute atomic E-state index is 11.9. The van der Waals surface area contributed by atoms with Crippen LogP contribution in [0.5, 0.6) is 0 Å². The van der Waals surface area contributed by atoms with Crippen molar-refractivity contribution in [2.24, 2.45) is 0 Å². The molecule has 0 aliphatic carbocycles. The molecule has 6 heteroatoms. The number of hydrogen-bond acceptors (Lipinski definition) is 4. The summed E-state index contributed by atoms with van der Waals surface area (Å²) in [6.45, 7) is 5.93. The van der Waals surface area contributed by atoms with Crippen LogP contribution >= 0.6 is 23.5 Å². The molecule has 1 saturated heterocycles. The first-order valence-electron chi connectivity index (χ1n) is 5.20. The zero-order valence-electron chi connectivity index (χ0n) is 9.67. The molecule has 0 aromatic heterocycles. The van der Waals surface area contributed by atoms with Gasteiger partial charge in [0.1, 0.15) is 6.04 Å². The molecule has 0 saturated carbocycles. The van der Waals surface area contributed by atoms with Crippen LogP contribution in [0.15, 0.2) is 0 Å². The largest absolute Gasteiger partial charge is 0.480 e. The average molecular weight is 263 g/mol. The summed E-state index contributed by atoms with van der Waals surface area (Å²) in [5, 5.41) is 9.37. The zero-order chi connectivity index (χ0) is 12.3. The lowest BCUT2D eigenvalue weighted by Crippen LogP contribution is -2.45. The quantitative estimate of drug-likeness (QED) is 0.833. The minimum atomic E-state index is -0.903. The van der Waals surface area contributed by atoms with Gasteiger partial charge >= 0.3 is 5.97 Å². The smallest absolute Gasteiger partial charge is 0.327 e. The Balaban J connectivity index is 2.61. The zero-order valence-corrected chi connectivity index (χ0v) is 11.3. The molecular formula is C10H17NO3S2. The highest BCUT2D eigenvalue weighted by Crippen LogP contribution is 2.29. The number of nitrogens with zero attached hydrogens (tertiary/aromatic N) is 1. The molecule has 0 aromatic rings. The number of thioether (sulfide) groups is 2. The summed E-state index contributed by atoms with van der Waals surface area (Å²) < 4.78 is 0. The average Bonchev–Trinajstić information content (AvgIpc) is 2.56. The van der Waals surface area contributed by atoms with Gasteiger partial charge < -0.3 is 10.0 Å². The van der Waals surface area contributed by atoms with Gasteiger partial charge in [-0.15, -0.1) is 23.5 Å². The van der Waals surface area contributed by atoms with Crippen LogP contribution in [0.2, 0.25) is 0 Å². The number of carbonyl (C=O) groups is 2. The first kappa shape index (κ1) is 13.7. The molecule has 1 aliphatic heterocycles. The van der Waals surface area contributed by atoms with E-state index in [1.54, 1.807) is 11.8 Å². The van der Waals surface area contributed by atoms with E-state index in [9.17, 15) is 9.59 Å². The first-order chi connectivity index (χ1) is 7.43. The van der Waals surface area contributed by atoms with Crippen LogP contribution in [0.3, 0.4) is 0 Å². The number of aliphatic carboxylic acids is 1. The number of carbonyl (C=O) groups excluding carboxylic acids is 1. The van der Waals surface area contributed by atoms with Gasteiger partial charge in [-0.2, -0.15) is 0 Å². The molecule has 1 amide bonds. The third-order valence-electron chi connectivity index (χ3n) is 2.34. The van der Waals surface area contributed by atoms with Gasteiger partial charge in [0.25, 0.3) is 0 Å². The number of rotatable bonds is 4. The molecule has 16 heavy (non-hydrogen) atoms. The van der Waals surface area contributed by atoms with E-state index in [1.165, 1.54) is 16.7 Å². The van der Waals surface area contributed by atoms with Crippen LogP contribution in [0.1, 0.15) is 20.8 Å². The van der Waals surface area contributed by atoms with Gasteiger partial charge in [0, 0.05) is 5.75 Å². The number of amides is 1. The van der Waals surface area contributed by atoms with Gasteiger partial charge in [0.15, 0.2) is 0 Å². The van der Waals surface area contributed by atoms with Crippen LogP contribution in [-0.2, 0) is 9.59 Å². The fourth-order valence-electron chi connectivity index (χ4n) is 1.52. The van der Waals surface area contributed by atoms with E-state index in [1.807, 2.05) is 20.8 Å². The Labute approximate surface area is 104 Å². The van der Waals surface area contributed by atoms with Crippen LogP contribution in [-0.4, -0.2) is 50.1 Å². The van der Waals surface area contributed by atoms with E-state index in [0.29, 0.717) is 16.8 Å². The van der Waals surface area contributed by atoms with E-state index >= 15 is 0 Å². The van der Waals surface area contributed by atoms with E-state index < -0.39 is 12.0 Å². The molecule has 2 unspecified atom stereocenters.